The number of fused-ring (bicyclic) bond motifs is 1. The Morgan fingerprint density at radius 2 is 1.61 bits per heavy atom. The number of aliphatic hydroxyl groups excluding tert-OH is 1. The van der Waals surface area contributed by atoms with E-state index in [4.69, 9.17) is 48.3 Å². The van der Waals surface area contributed by atoms with Gasteiger partial charge in [-0.3, -0.25) is 27.5 Å². The van der Waals surface area contributed by atoms with Crippen molar-refractivity contribution >= 4 is 53.0 Å². The van der Waals surface area contributed by atoms with Gasteiger partial charge in [-0.15, -0.1) is 0 Å². The first-order valence-corrected chi connectivity index (χ1v) is 24.9. The summed E-state index contributed by atoms with van der Waals surface area (Å²) in [5.41, 5.74) is 4.45. The number of unbranched alkanes of at least 4 members (excludes halogenated alkanes) is 1. The summed E-state index contributed by atoms with van der Waals surface area (Å²) in [5, 5.41) is 20.0. The molecule has 0 radical (unpaired) electrons. The maximum Gasteiger partial charge on any atom is 0.472 e. The summed E-state index contributed by atoms with van der Waals surface area (Å²) in [7, 11) is -15.6. The van der Waals surface area contributed by atoms with Crippen LogP contribution in [0.4, 0.5) is 10.6 Å². The van der Waals surface area contributed by atoms with Crippen LogP contribution in [0.1, 0.15) is 38.3 Å². The fourth-order valence-corrected chi connectivity index (χ4v) is 9.69. The Balaban J connectivity index is 1.03. The van der Waals surface area contributed by atoms with Crippen LogP contribution < -0.4 is 27.4 Å². The number of aliphatic hydroxyl groups is 1. The van der Waals surface area contributed by atoms with Gasteiger partial charge in [0.2, 0.25) is 5.91 Å². The van der Waals surface area contributed by atoms with Crippen molar-refractivity contribution in [1.29, 1.82) is 0 Å². The summed E-state index contributed by atoms with van der Waals surface area (Å²) < 4.78 is 82.4. The first-order valence-electron chi connectivity index (χ1n) is 19.3. The molecular weight excluding hydrogens is 917 g/mol. The van der Waals surface area contributed by atoms with Gasteiger partial charge < -0.3 is 74.9 Å². The number of nitrogens with zero attached hydrogens (tertiary/aromatic N) is 2. The highest BCUT2D eigenvalue weighted by Crippen LogP contribution is 2.50. The monoisotopic (exact) mass is 972 g/mol. The lowest BCUT2D eigenvalue weighted by molar-refractivity contribution is -0.121. The zero-order valence-electron chi connectivity index (χ0n) is 33.3. The zero-order chi connectivity index (χ0) is 45.3. The van der Waals surface area contributed by atoms with Gasteiger partial charge in [0.05, 0.1) is 71.5 Å². The largest absolute Gasteiger partial charge is 0.472 e. The van der Waals surface area contributed by atoms with Crippen molar-refractivity contribution in [1.82, 2.24) is 25.5 Å². The topological polar surface area (TPSA) is 387 Å². The van der Waals surface area contributed by atoms with Gasteiger partial charge in [-0.2, -0.15) is 16.7 Å². The van der Waals surface area contributed by atoms with Gasteiger partial charge in [0.15, 0.2) is 6.23 Å². The van der Waals surface area contributed by atoms with Gasteiger partial charge in [0, 0.05) is 36.8 Å². The van der Waals surface area contributed by atoms with E-state index in [1.54, 1.807) is 0 Å². The summed E-state index contributed by atoms with van der Waals surface area (Å²) in [6.07, 6.45) is -4.09. The fraction of sp³-hybridized carbons (Fsp3) is 0.806. The van der Waals surface area contributed by atoms with E-state index in [-0.39, 0.29) is 56.3 Å². The number of amides is 3. The van der Waals surface area contributed by atoms with E-state index in [2.05, 4.69) is 30.0 Å². The molecule has 3 amide bonds. The smallest absolute Gasteiger partial charge is 0.386 e. The summed E-state index contributed by atoms with van der Waals surface area (Å²) in [6, 6.07) is 1.42. The number of nitrogens with one attached hydrogen (secondary N) is 3. The first-order chi connectivity index (χ1) is 29.3. The van der Waals surface area contributed by atoms with Crippen LogP contribution in [0.2, 0.25) is 0 Å². The predicted molar refractivity (Wildman–Crippen MR) is 213 cm³/mol. The van der Waals surface area contributed by atoms with Gasteiger partial charge in [0.1, 0.15) is 30.2 Å². The number of anilines is 1. The number of nitrogens with two attached hydrogens (primary N) is 1. The molecule has 0 aromatic carbocycles. The fourth-order valence-electron chi connectivity index (χ4n) is 6.31. The van der Waals surface area contributed by atoms with Crippen LogP contribution in [0.5, 0.6) is 0 Å². The normalized spacial score (nSPS) is 25.3. The molecule has 5 unspecified atom stereocenters. The van der Waals surface area contributed by atoms with Crippen molar-refractivity contribution in [3.05, 3.63) is 22.7 Å². The molecule has 4 heterocycles. The van der Waals surface area contributed by atoms with Crippen LogP contribution in [0.25, 0.3) is 0 Å². The molecule has 11 N–H and O–H groups in total. The maximum absolute atomic E-state index is 12.9. The number of rotatable bonds is 31. The molecule has 4 rings (SSSR count). The molecule has 0 bridgehead atoms. The Morgan fingerprint density at radius 3 is 2.27 bits per heavy atom. The Hall–Kier alpha value is -2.14. The second-order valence-corrected chi connectivity index (χ2v) is 19.0. The lowest BCUT2D eigenvalue weighted by Crippen LogP contribution is -2.38. The molecule has 3 fully saturated rings. The van der Waals surface area contributed by atoms with Crippen LogP contribution in [0.15, 0.2) is 17.1 Å². The quantitative estimate of drug-likeness (QED) is 0.0229. The molecule has 3 aliphatic rings. The van der Waals surface area contributed by atoms with Crippen LogP contribution in [-0.2, 0) is 60.3 Å². The zero-order valence-corrected chi connectivity index (χ0v) is 36.8. The van der Waals surface area contributed by atoms with Crippen LogP contribution in [0, 0.1) is 0 Å². The molecule has 356 valence electrons. The van der Waals surface area contributed by atoms with E-state index in [1.165, 1.54) is 0 Å². The highest BCUT2D eigenvalue weighted by Gasteiger charge is 2.50. The molecule has 27 nitrogen and oxygen atoms in total. The molecular formula is C31H55N6O21P3S. The third-order valence-electron chi connectivity index (χ3n) is 9.09. The van der Waals surface area contributed by atoms with Crippen molar-refractivity contribution in [3.8, 4) is 0 Å². The average molecular weight is 973 g/mol. The third kappa shape index (κ3) is 19.1. The van der Waals surface area contributed by atoms with Crippen LogP contribution >= 0.6 is 35.2 Å². The Kier molecular flexibility index (Phi) is 21.6. The highest BCUT2D eigenvalue weighted by atomic mass is 32.2. The number of hydrogen-bond acceptors (Lipinski definition) is 19. The second-order valence-electron chi connectivity index (χ2n) is 13.9. The Bertz CT molecular complexity index is 1780. The lowest BCUT2D eigenvalue weighted by atomic mass is 10.0. The summed E-state index contributed by atoms with van der Waals surface area (Å²) in [5.74, 6) is 0.719. The molecule has 3 saturated heterocycles. The van der Waals surface area contributed by atoms with Crippen molar-refractivity contribution in [2.45, 2.75) is 80.1 Å². The predicted octanol–water partition coefficient (Wildman–Crippen LogP) is -1.53. The molecule has 1 aromatic heterocycles. The molecule has 62 heavy (non-hydrogen) atoms. The van der Waals surface area contributed by atoms with E-state index < -0.39 is 79.6 Å². The Morgan fingerprint density at radius 1 is 0.935 bits per heavy atom. The minimum Gasteiger partial charge on any atom is -0.386 e. The summed E-state index contributed by atoms with van der Waals surface area (Å²) >= 11 is 1.86. The van der Waals surface area contributed by atoms with Gasteiger partial charge >= 0.3 is 35.2 Å². The highest BCUT2D eigenvalue weighted by molar-refractivity contribution is 8.00. The Labute approximate surface area is 359 Å². The van der Waals surface area contributed by atoms with Crippen molar-refractivity contribution in [2.75, 3.05) is 84.1 Å². The van der Waals surface area contributed by atoms with Crippen molar-refractivity contribution < 1.29 is 94.6 Å². The molecule has 0 saturated carbocycles. The number of phosphoric ester groups is 3. The molecule has 1 aromatic rings. The van der Waals surface area contributed by atoms with Crippen LogP contribution in [0.3, 0.4) is 0 Å². The number of carbonyl (C=O) groups is 2. The van der Waals surface area contributed by atoms with Gasteiger partial charge in [-0.05, 0) is 25.3 Å². The van der Waals surface area contributed by atoms with Crippen LogP contribution in [-0.4, -0.2) is 171 Å². The van der Waals surface area contributed by atoms with Crippen molar-refractivity contribution in [3.63, 3.8) is 0 Å². The van der Waals surface area contributed by atoms with E-state index in [0.717, 1.165) is 41.8 Å². The standard InChI is InChI=1S/C31H55N6O21P3S/c32-24-6-8-37(31(41)35-24)29-27(39)28(22(56-29)18-54-59(42,43)44)58-61(48,49)55-17-20(57-60(45,46)47)16-53-15-14-52-13-12-51-11-10-50-9-3-7-33-25(38)5-2-1-4-23-26-21(19-62-23)34-30(40)36-26/h6,8,20-23,26-29,39H,1-5,7,9-19H2,(H,33,38)(H,48,49)(H2,32,35,41)(H2,34,36,40)(H2,42,43,44)(H2,45,46,47)/t20?,21?,22-,23?,26?,27-,28-,29-/m1/s1. The number of hydrogen-bond donors (Lipinski definition) is 10. The maximum atomic E-state index is 12.9. The number of ether oxygens (including phenoxy) is 5. The molecule has 9 atom stereocenters. The molecule has 3 aliphatic heterocycles. The molecule has 0 spiro atoms. The molecule has 31 heteroatoms. The number of aromatic nitrogens is 2. The van der Waals surface area contributed by atoms with E-state index in [9.17, 15) is 47.9 Å². The summed E-state index contributed by atoms with van der Waals surface area (Å²) in [4.78, 5) is 86.7. The number of phosphoric acid groups is 3. The van der Waals surface area contributed by atoms with Gasteiger partial charge in [-0.25, -0.2) is 23.3 Å². The average Bonchev–Trinajstić information content (AvgIpc) is 3.83. The summed E-state index contributed by atoms with van der Waals surface area (Å²) in [6.45, 7) is -0.750. The second kappa shape index (κ2) is 25.5. The van der Waals surface area contributed by atoms with Crippen molar-refractivity contribution in [2.24, 2.45) is 0 Å². The minimum absolute atomic E-state index is 0.00896. The number of carbonyl (C=O) groups excluding carboxylic acids is 2. The lowest BCUT2D eigenvalue weighted by Gasteiger charge is -2.24. The minimum atomic E-state index is -5.30. The number of nitrogen functional groups attached to an aromatic ring is 1. The number of urea groups is 1. The third-order valence-corrected chi connectivity index (χ3v) is 12.6. The van der Waals surface area contributed by atoms with Gasteiger partial charge in [-0.1, -0.05) is 6.42 Å². The first kappa shape index (κ1) is 52.5. The SMILES string of the molecule is Nc1ccn([C@@H]2O[C@H](COP(=O)(O)O)[C@@H](OP(=O)(O)OCC(COCCOCCOCCOCCCNC(=O)CCCCC3SCC4NC(=O)NC43)OP(=O)(O)O)[C@H]2O)c(=O)n1. The van der Waals surface area contributed by atoms with Gasteiger partial charge in [0.25, 0.3) is 0 Å². The van der Waals surface area contributed by atoms with E-state index in [1.807, 2.05) is 11.8 Å². The molecule has 0 aliphatic carbocycles. The number of thioether (sulfide) groups is 1. The van der Waals surface area contributed by atoms with E-state index in [0.29, 0.717) is 44.5 Å². The van der Waals surface area contributed by atoms with E-state index >= 15 is 0 Å².